The second-order valence-electron chi connectivity index (χ2n) is 8.09. The van der Waals surface area contributed by atoms with E-state index >= 15 is 0 Å². The molecule has 7 nitrogen and oxygen atoms in total. The molecule has 0 bridgehead atoms. The van der Waals surface area contributed by atoms with E-state index in [-0.39, 0.29) is 24.0 Å². The lowest BCUT2D eigenvalue weighted by Crippen LogP contribution is -2.46. The molecule has 2 N–H and O–H groups in total. The first-order chi connectivity index (χ1) is 15.2. The molecule has 1 aromatic carbocycles. The maximum atomic E-state index is 5.59. The van der Waals surface area contributed by atoms with Crippen molar-refractivity contribution in [2.75, 3.05) is 57.8 Å². The standard InChI is InChI=1S/C24H34N6O.HI/c1-3-29-11-13-30(14-12-29)23-17-20(7-9-26-23)18-28-24(25-2)27-10-6-19-4-5-22-21(16-19)8-15-31-22;/h4-5,7,9,16-17H,3,6,8,10-15,18H2,1-2H3,(H2,25,27,28);1H. The van der Waals surface area contributed by atoms with Gasteiger partial charge in [-0.05, 0) is 47.9 Å². The van der Waals surface area contributed by atoms with E-state index in [1.165, 1.54) is 16.7 Å². The molecule has 3 heterocycles. The molecule has 0 spiro atoms. The van der Waals surface area contributed by atoms with Crippen molar-refractivity contribution in [1.29, 1.82) is 0 Å². The quantitative estimate of drug-likeness (QED) is 0.314. The lowest BCUT2D eigenvalue weighted by Gasteiger charge is -2.34. The van der Waals surface area contributed by atoms with Crippen molar-refractivity contribution in [3.8, 4) is 5.75 Å². The van der Waals surface area contributed by atoms with Gasteiger partial charge < -0.3 is 25.2 Å². The SMILES string of the molecule is CCN1CCN(c2cc(CNC(=NC)NCCc3ccc4c(c3)CCO4)ccn2)CC1.I. The number of likely N-dealkylation sites (N-methyl/N-ethyl adjacent to an activating group) is 1. The van der Waals surface area contributed by atoms with Gasteiger partial charge in [0.05, 0.1) is 6.61 Å². The van der Waals surface area contributed by atoms with Crippen LogP contribution in [-0.4, -0.2) is 68.8 Å². The summed E-state index contributed by atoms with van der Waals surface area (Å²) in [7, 11) is 1.81. The summed E-state index contributed by atoms with van der Waals surface area (Å²) in [6.07, 6.45) is 3.88. The molecule has 0 aliphatic carbocycles. The Bertz CT molecular complexity index is 898. The van der Waals surface area contributed by atoms with Gasteiger partial charge in [0.2, 0.25) is 0 Å². The lowest BCUT2D eigenvalue weighted by molar-refractivity contribution is 0.270. The van der Waals surface area contributed by atoms with Crippen LogP contribution in [0.25, 0.3) is 0 Å². The number of pyridine rings is 1. The third-order valence-electron chi connectivity index (χ3n) is 6.10. The van der Waals surface area contributed by atoms with Gasteiger partial charge in [-0.3, -0.25) is 4.99 Å². The van der Waals surface area contributed by atoms with Crippen molar-refractivity contribution in [2.24, 2.45) is 4.99 Å². The van der Waals surface area contributed by atoms with Crippen molar-refractivity contribution < 1.29 is 4.74 Å². The molecule has 8 heteroatoms. The topological polar surface area (TPSA) is 65.0 Å². The van der Waals surface area contributed by atoms with Gasteiger partial charge in [-0.15, -0.1) is 24.0 Å². The highest BCUT2D eigenvalue weighted by atomic mass is 127. The Morgan fingerprint density at radius 3 is 2.72 bits per heavy atom. The highest BCUT2D eigenvalue weighted by Gasteiger charge is 2.17. The first-order valence-electron chi connectivity index (χ1n) is 11.4. The zero-order valence-electron chi connectivity index (χ0n) is 19.1. The molecule has 1 aromatic heterocycles. The molecular weight excluding hydrogens is 515 g/mol. The Labute approximate surface area is 208 Å². The predicted octanol–water partition coefficient (Wildman–Crippen LogP) is 2.68. The number of nitrogens with one attached hydrogen (secondary N) is 2. The van der Waals surface area contributed by atoms with Gasteiger partial charge in [0.25, 0.3) is 0 Å². The molecule has 32 heavy (non-hydrogen) atoms. The maximum Gasteiger partial charge on any atom is 0.191 e. The Kier molecular flexibility index (Phi) is 9.40. The van der Waals surface area contributed by atoms with Crippen LogP contribution >= 0.6 is 24.0 Å². The number of hydrogen-bond donors (Lipinski definition) is 2. The minimum Gasteiger partial charge on any atom is -0.493 e. The van der Waals surface area contributed by atoms with Crippen LogP contribution in [0.15, 0.2) is 41.5 Å². The minimum absolute atomic E-state index is 0. The van der Waals surface area contributed by atoms with E-state index in [2.05, 4.69) is 67.7 Å². The molecule has 1 fully saturated rings. The number of piperazine rings is 1. The van der Waals surface area contributed by atoms with Crippen LogP contribution < -0.4 is 20.3 Å². The second kappa shape index (κ2) is 12.2. The Morgan fingerprint density at radius 2 is 1.94 bits per heavy atom. The van der Waals surface area contributed by atoms with Gasteiger partial charge in [0.1, 0.15) is 11.6 Å². The number of fused-ring (bicyclic) bond motifs is 1. The van der Waals surface area contributed by atoms with Crippen molar-refractivity contribution >= 4 is 35.8 Å². The summed E-state index contributed by atoms with van der Waals surface area (Å²) < 4.78 is 5.59. The molecule has 4 rings (SSSR count). The van der Waals surface area contributed by atoms with Crippen LogP contribution in [0.2, 0.25) is 0 Å². The number of guanidine groups is 1. The second-order valence-corrected chi connectivity index (χ2v) is 8.09. The Balaban J connectivity index is 0.00000289. The van der Waals surface area contributed by atoms with Crippen LogP contribution in [0.1, 0.15) is 23.6 Å². The predicted molar refractivity (Wildman–Crippen MR) is 142 cm³/mol. The molecular formula is C24H35IN6O. The van der Waals surface area contributed by atoms with Gasteiger partial charge in [0.15, 0.2) is 5.96 Å². The number of rotatable bonds is 7. The summed E-state index contributed by atoms with van der Waals surface area (Å²) in [5.41, 5.74) is 3.86. The van der Waals surface area contributed by atoms with E-state index in [0.29, 0.717) is 0 Å². The lowest BCUT2D eigenvalue weighted by atomic mass is 10.1. The number of benzene rings is 1. The number of halogens is 1. The average Bonchev–Trinajstić information content (AvgIpc) is 3.29. The summed E-state index contributed by atoms with van der Waals surface area (Å²) in [5.74, 6) is 2.93. The smallest absolute Gasteiger partial charge is 0.191 e. The number of hydrogen-bond acceptors (Lipinski definition) is 5. The summed E-state index contributed by atoms with van der Waals surface area (Å²) in [5, 5.41) is 6.85. The van der Waals surface area contributed by atoms with Crippen LogP contribution in [0.3, 0.4) is 0 Å². The summed E-state index contributed by atoms with van der Waals surface area (Å²) in [6.45, 7) is 10.00. The number of aliphatic imine (C=N–C) groups is 1. The largest absolute Gasteiger partial charge is 0.493 e. The first-order valence-corrected chi connectivity index (χ1v) is 11.4. The molecule has 0 radical (unpaired) electrons. The van der Waals surface area contributed by atoms with Gasteiger partial charge in [-0.2, -0.15) is 0 Å². The van der Waals surface area contributed by atoms with Crippen LogP contribution in [-0.2, 0) is 19.4 Å². The van der Waals surface area contributed by atoms with Crippen LogP contribution in [0.5, 0.6) is 5.75 Å². The third-order valence-corrected chi connectivity index (χ3v) is 6.10. The van der Waals surface area contributed by atoms with E-state index in [0.717, 1.165) is 82.8 Å². The zero-order chi connectivity index (χ0) is 21.5. The number of nitrogens with zero attached hydrogens (tertiary/aromatic N) is 4. The monoisotopic (exact) mass is 550 g/mol. The highest BCUT2D eigenvalue weighted by Crippen LogP contribution is 2.25. The minimum atomic E-state index is 0. The summed E-state index contributed by atoms with van der Waals surface area (Å²) in [4.78, 5) is 13.8. The third kappa shape index (κ3) is 6.48. The normalized spacial score (nSPS) is 16.2. The van der Waals surface area contributed by atoms with Gasteiger partial charge in [0, 0.05) is 58.9 Å². The summed E-state index contributed by atoms with van der Waals surface area (Å²) in [6, 6.07) is 10.8. The van der Waals surface area contributed by atoms with E-state index in [9.17, 15) is 0 Å². The molecule has 0 saturated carbocycles. The molecule has 2 aliphatic heterocycles. The van der Waals surface area contributed by atoms with Crippen LogP contribution in [0, 0.1) is 0 Å². The molecule has 174 valence electrons. The number of ether oxygens (including phenoxy) is 1. The Morgan fingerprint density at radius 1 is 1.09 bits per heavy atom. The van der Waals surface area contributed by atoms with E-state index in [1.807, 2.05) is 13.2 Å². The van der Waals surface area contributed by atoms with Crippen LogP contribution in [0.4, 0.5) is 5.82 Å². The summed E-state index contributed by atoms with van der Waals surface area (Å²) >= 11 is 0. The fourth-order valence-corrected chi connectivity index (χ4v) is 4.16. The van der Waals surface area contributed by atoms with E-state index in [4.69, 9.17) is 4.74 Å². The molecule has 2 aliphatic rings. The van der Waals surface area contributed by atoms with Gasteiger partial charge in [-0.1, -0.05) is 19.1 Å². The van der Waals surface area contributed by atoms with Crippen molar-refractivity contribution in [3.63, 3.8) is 0 Å². The molecule has 1 saturated heterocycles. The van der Waals surface area contributed by atoms with Crippen molar-refractivity contribution in [1.82, 2.24) is 20.5 Å². The average molecular weight is 550 g/mol. The number of anilines is 1. The van der Waals surface area contributed by atoms with Crippen molar-refractivity contribution in [3.05, 3.63) is 53.2 Å². The Hall–Kier alpha value is -2.07. The van der Waals surface area contributed by atoms with E-state index < -0.39 is 0 Å². The van der Waals surface area contributed by atoms with E-state index in [1.54, 1.807) is 0 Å². The molecule has 2 aromatic rings. The van der Waals surface area contributed by atoms with Gasteiger partial charge in [-0.25, -0.2) is 4.98 Å². The molecule has 0 unspecified atom stereocenters. The van der Waals surface area contributed by atoms with Gasteiger partial charge >= 0.3 is 0 Å². The molecule has 0 atom stereocenters. The van der Waals surface area contributed by atoms with Crippen molar-refractivity contribution in [2.45, 2.75) is 26.3 Å². The fraction of sp³-hybridized carbons (Fsp3) is 0.500. The maximum absolute atomic E-state index is 5.59. The highest BCUT2D eigenvalue weighted by molar-refractivity contribution is 14.0. The zero-order valence-corrected chi connectivity index (χ0v) is 21.5. The first kappa shape index (κ1) is 24.6. The molecule has 0 amide bonds. The number of aromatic nitrogens is 1. The fourth-order valence-electron chi connectivity index (χ4n) is 4.16.